The van der Waals surface area contributed by atoms with Gasteiger partial charge in [-0.2, -0.15) is 0 Å². The van der Waals surface area contributed by atoms with Crippen LogP contribution in [-0.2, 0) is 9.53 Å². The number of pyridine rings is 1. The number of aromatic nitrogens is 1. The van der Waals surface area contributed by atoms with Crippen LogP contribution in [0, 0.1) is 6.92 Å². The number of halogens is 1. The molecule has 6 nitrogen and oxygen atoms in total. The predicted octanol–water partition coefficient (Wildman–Crippen LogP) is 4.84. The van der Waals surface area contributed by atoms with Crippen molar-refractivity contribution in [2.24, 2.45) is 0 Å². The van der Waals surface area contributed by atoms with E-state index >= 15 is 0 Å². The highest BCUT2D eigenvalue weighted by molar-refractivity contribution is 7.80. The molecule has 0 radical (unpaired) electrons. The molecule has 0 spiro atoms. The van der Waals surface area contributed by atoms with Gasteiger partial charge in [-0.3, -0.25) is 9.78 Å². The number of thiocarbonyl (C=S) groups is 1. The van der Waals surface area contributed by atoms with Gasteiger partial charge in [-0.05, 0) is 68.0 Å². The number of nitrogens with one attached hydrogen (secondary N) is 1. The Balaban J connectivity index is 1.73. The Hall–Kier alpha value is -2.90. The summed E-state index contributed by atoms with van der Waals surface area (Å²) in [5, 5.41) is 4.38. The highest BCUT2D eigenvalue weighted by Crippen LogP contribution is 2.40. The van der Waals surface area contributed by atoms with Crippen molar-refractivity contribution in [1.82, 2.24) is 15.2 Å². The molecule has 2 atom stereocenters. The molecule has 3 heterocycles. The SMILES string of the molecule is CCOC(=O)CN1C(=S)N[C@H](c2ccccn2)[C@H]1c1ccc(-c2cc(Cl)ccc2C)o1. The summed E-state index contributed by atoms with van der Waals surface area (Å²) in [5.41, 5.74) is 2.77. The summed E-state index contributed by atoms with van der Waals surface area (Å²) in [5.74, 6) is 1.01. The molecular formula is C23H22ClN3O3S. The summed E-state index contributed by atoms with van der Waals surface area (Å²) in [7, 11) is 0. The predicted molar refractivity (Wildman–Crippen MR) is 123 cm³/mol. The molecule has 2 aromatic heterocycles. The zero-order chi connectivity index (χ0) is 22.0. The lowest BCUT2D eigenvalue weighted by atomic mass is 10.0. The molecule has 1 saturated heterocycles. The van der Waals surface area contributed by atoms with E-state index in [4.69, 9.17) is 33.0 Å². The van der Waals surface area contributed by atoms with Crippen LogP contribution in [0.1, 0.15) is 36.0 Å². The number of esters is 1. The third-order valence-corrected chi connectivity index (χ3v) is 5.77. The number of carbonyl (C=O) groups is 1. The lowest BCUT2D eigenvalue weighted by Crippen LogP contribution is -2.35. The van der Waals surface area contributed by atoms with Crippen molar-refractivity contribution >= 4 is 34.9 Å². The second kappa shape index (κ2) is 9.08. The van der Waals surface area contributed by atoms with E-state index in [-0.39, 0.29) is 24.6 Å². The van der Waals surface area contributed by atoms with Crippen molar-refractivity contribution in [3.63, 3.8) is 0 Å². The molecule has 0 amide bonds. The number of rotatable bonds is 6. The van der Waals surface area contributed by atoms with E-state index in [1.807, 2.05) is 55.5 Å². The maximum Gasteiger partial charge on any atom is 0.325 e. The van der Waals surface area contributed by atoms with Crippen LogP contribution in [0.3, 0.4) is 0 Å². The highest BCUT2D eigenvalue weighted by atomic mass is 35.5. The Morgan fingerprint density at radius 1 is 1.29 bits per heavy atom. The third kappa shape index (κ3) is 4.43. The van der Waals surface area contributed by atoms with Crippen LogP contribution < -0.4 is 5.32 Å². The molecule has 3 aromatic rings. The average molecular weight is 456 g/mol. The molecule has 1 fully saturated rings. The first kappa shape index (κ1) is 21.3. The molecule has 0 aliphatic carbocycles. The molecule has 4 rings (SSSR count). The van der Waals surface area contributed by atoms with Gasteiger partial charge in [0, 0.05) is 16.8 Å². The van der Waals surface area contributed by atoms with Crippen LogP contribution in [0.15, 0.2) is 59.1 Å². The maximum atomic E-state index is 12.3. The van der Waals surface area contributed by atoms with Crippen LogP contribution in [0.25, 0.3) is 11.3 Å². The van der Waals surface area contributed by atoms with Gasteiger partial charge in [0.05, 0.1) is 18.3 Å². The van der Waals surface area contributed by atoms with Crippen LogP contribution in [0.4, 0.5) is 0 Å². The largest absolute Gasteiger partial charge is 0.465 e. The summed E-state index contributed by atoms with van der Waals surface area (Å²) in [4.78, 5) is 18.5. The summed E-state index contributed by atoms with van der Waals surface area (Å²) in [6.45, 7) is 4.10. The molecule has 1 aromatic carbocycles. The zero-order valence-corrected chi connectivity index (χ0v) is 18.7. The third-order valence-electron chi connectivity index (χ3n) is 5.19. The fraction of sp³-hybridized carbons (Fsp3) is 0.261. The lowest BCUT2D eigenvalue weighted by molar-refractivity contribution is -0.143. The first-order chi connectivity index (χ1) is 15.0. The quantitative estimate of drug-likeness (QED) is 0.421. The van der Waals surface area contributed by atoms with E-state index in [2.05, 4.69) is 10.3 Å². The molecule has 160 valence electrons. The van der Waals surface area contributed by atoms with Gasteiger partial charge in [-0.1, -0.05) is 23.7 Å². The van der Waals surface area contributed by atoms with Gasteiger partial charge >= 0.3 is 5.97 Å². The fourth-order valence-corrected chi connectivity index (χ4v) is 4.22. The van der Waals surface area contributed by atoms with Crippen LogP contribution in [-0.4, -0.2) is 34.1 Å². The maximum absolute atomic E-state index is 12.3. The molecule has 0 saturated carbocycles. The second-order valence-corrected chi connectivity index (χ2v) is 8.04. The Morgan fingerprint density at radius 2 is 2.13 bits per heavy atom. The summed E-state index contributed by atoms with van der Waals surface area (Å²) in [6.07, 6.45) is 1.73. The smallest absolute Gasteiger partial charge is 0.325 e. The van der Waals surface area contributed by atoms with Crippen molar-refractivity contribution < 1.29 is 13.9 Å². The van der Waals surface area contributed by atoms with E-state index in [9.17, 15) is 4.79 Å². The summed E-state index contributed by atoms with van der Waals surface area (Å²) in [6, 6.07) is 14.6. The average Bonchev–Trinajstić information content (AvgIpc) is 3.36. The monoisotopic (exact) mass is 455 g/mol. The zero-order valence-electron chi connectivity index (χ0n) is 17.2. The molecule has 1 aliphatic heterocycles. The van der Waals surface area contributed by atoms with Crippen molar-refractivity contribution in [3.05, 3.63) is 76.8 Å². The van der Waals surface area contributed by atoms with Gasteiger partial charge in [0.15, 0.2) is 5.11 Å². The number of carbonyl (C=O) groups excluding carboxylic acids is 1. The minimum Gasteiger partial charge on any atom is -0.465 e. The molecule has 1 N–H and O–H groups in total. The van der Waals surface area contributed by atoms with Crippen molar-refractivity contribution in [1.29, 1.82) is 0 Å². The number of hydrogen-bond donors (Lipinski definition) is 1. The molecule has 8 heteroatoms. The highest BCUT2D eigenvalue weighted by Gasteiger charge is 2.42. The van der Waals surface area contributed by atoms with Crippen LogP contribution in [0.5, 0.6) is 0 Å². The van der Waals surface area contributed by atoms with E-state index in [1.54, 1.807) is 18.0 Å². The van der Waals surface area contributed by atoms with E-state index in [1.165, 1.54) is 0 Å². The first-order valence-corrected chi connectivity index (χ1v) is 10.8. The Kier molecular flexibility index (Phi) is 6.25. The normalized spacial score (nSPS) is 18.2. The summed E-state index contributed by atoms with van der Waals surface area (Å²) < 4.78 is 11.4. The molecule has 31 heavy (non-hydrogen) atoms. The van der Waals surface area contributed by atoms with Crippen molar-refractivity contribution in [3.8, 4) is 11.3 Å². The topological polar surface area (TPSA) is 67.6 Å². The number of furan rings is 1. The first-order valence-electron chi connectivity index (χ1n) is 9.98. The van der Waals surface area contributed by atoms with E-state index < -0.39 is 0 Å². The molecule has 0 bridgehead atoms. The van der Waals surface area contributed by atoms with E-state index in [0.717, 1.165) is 16.8 Å². The number of benzene rings is 1. The van der Waals surface area contributed by atoms with Crippen LogP contribution in [0.2, 0.25) is 5.02 Å². The lowest BCUT2D eigenvalue weighted by Gasteiger charge is -2.25. The van der Waals surface area contributed by atoms with Gasteiger partial charge in [0.1, 0.15) is 24.1 Å². The Bertz CT molecular complexity index is 1100. The van der Waals surface area contributed by atoms with Crippen molar-refractivity contribution in [2.75, 3.05) is 13.2 Å². The molecule has 0 unspecified atom stereocenters. The Morgan fingerprint density at radius 3 is 2.87 bits per heavy atom. The fourth-order valence-electron chi connectivity index (χ4n) is 3.75. The number of ether oxygens (including phenoxy) is 1. The van der Waals surface area contributed by atoms with Gasteiger partial charge < -0.3 is 19.4 Å². The van der Waals surface area contributed by atoms with Gasteiger partial charge in [0.2, 0.25) is 0 Å². The molecular weight excluding hydrogens is 434 g/mol. The standard InChI is InChI=1S/C23H22ClN3O3S/c1-3-29-20(28)13-27-22(21(26-23(27)31)17-6-4-5-11-25-17)19-10-9-18(30-19)16-12-15(24)8-7-14(16)2/h4-12,21-22H,3,13H2,1-2H3,(H,26,31)/t21-,22-/m1/s1. The van der Waals surface area contributed by atoms with Gasteiger partial charge in [-0.15, -0.1) is 0 Å². The number of hydrogen-bond acceptors (Lipinski definition) is 5. The van der Waals surface area contributed by atoms with Crippen molar-refractivity contribution in [2.45, 2.75) is 25.9 Å². The number of aryl methyl sites for hydroxylation is 1. The second-order valence-electron chi connectivity index (χ2n) is 7.22. The van der Waals surface area contributed by atoms with Gasteiger partial charge in [0.25, 0.3) is 0 Å². The number of nitrogens with zero attached hydrogens (tertiary/aromatic N) is 2. The molecule has 1 aliphatic rings. The Labute approximate surface area is 191 Å². The summed E-state index contributed by atoms with van der Waals surface area (Å²) >= 11 is 11.8. The van der Waals surface area contributed by atoms with E-state index in [0.29, 0.717) is 28.3 Å². The minimum atomic E-state index is -0.361. The van der Waals surface area contributed by atoms with Crippen LogP contribution >= 0.6 is 23.8 Å². The van der Waals surface area contributed by atoms with Gasteiger partial charge in [-0.25, -0.2) is 0 Å². The minimum absolute atomic E-state index is 0.0138.